The maximum Gasteiger partial charge on any atom is 0.128 e. The van der Waals surface area contributed by atoms with E-state index in [4.69, 9.17) is 4.74 Å². The third-order valence-corrected chi connectivity index (χ3v) is 3.53. The van der Waals surface area contributed by atoms with E-state index in [0.717, 1.165) is 22.3 Å². The first kappa shape index (κ1) is 13.7. The van der Waals surface area contributed by atoms with Crippen LogP contribution in [0.4, 0.5) is 4.39 Å². The lowest BCUT2D eigenvalue weighted by Crippen LogP contribution is -2.08. The standard InChI is InChI=1S/C18H18FNO/c1-13(2)20-16(12-21-17-6-4-3-5-7-17)11-14-10-15(19)8-9-18(14)20/h3-11,13H,12H2,1-2H3. The highest BCUT2D eigenvalue weighted by atomic mass is 19.1. The molecular formula is C18H18FNO. The summed E-state index contributed by atoms with van der Waals surface area (Å²) in [4.78, 5) is 0. The Bertz CT molecular complexity index is 747. The molecule has 0 radical (unpaired) electrons. The van der Waals surface area contributed by atoms with Crippen LogP contribution in [-0.2, 0) is 6.61 Å². The van der Waals surface area contributed by atoms with Crippen LogP contribution in [-0.4, -0.2) is 4.57 Å². The Labute approximate surface area is 123 Å². The average Bonchev–Trinajstić information content (AvgIpc) is 2.83. The number of hydrogen-bond donors (Lipinski definition) is 0. The van der Waals surface area contributed by atoms with Gasteiger partial charge in [0.25, 0.3) is 0 Å². The molecule has 2 aromatic carbocycles. The van der Waals surface area contributed by atoms with E-state index in [1.165, 1.54) is 6.07 Å². The second-order valence-electron chi connectivity index (χ2n) is 5.40. The SMILES string of the molecule is CC(C)n1c(COc2ccccc2)cc2cc(F)ccc21. The van der Waals surface area contributed by atoms with E-state index < -0.39 is 0 Å². The first-order chi connectivity index (χ1) is 10.1. The fourth-order valence-electron chi connectivity index (χ4n) is 2.66. The third kappa shape index (κ3) is 2.77. The first-order valence-corrected chi connectivity index (χ1v) is 7.12. The quantitative estimate of drug-likeness (QED) is 0.661. The van der Waals surface area contributed by atoms with Crippen LogP contribution in [0.3, 0.4) is 0 Å². The Hall–Kier alpha value is -2.29. The van der Waals surface area contributed by atoms with Gasteiger partial charge in [0.1, 0.15) is 18.2 Å². The van der Waals surface area contributed by atoms with Gasteiger partial charge in [-0.2, -0.15) is 0 Å². The van der Waals surface area contributed by atoms with Crippen molar-refractivity contribution in [1.82, 2.24) is 4.57 Å². The molecule has 0 aliphatic carbocycles. The Morgan fingerprint density at radius 2 is 1.81 bits per heavy atom. The zero-order chi connectivity index (χ0) is 14.8. The number of nitrogens with zero attached hydrogens (tertiary/aromatic N) is 1. The van der Waals surface area contributed by atoms with E-state index in [1.807, 2.05) is 42.5 Å². The summed E-state index contributed by atoms with van der Waals surface area (Å²) in [5, 5.41) is 0.912. The van der Waals surface area contributed by atoms with Crippen LogP contribution in [0.15, 0.2) is 54.6 Å². The number of hydrogen-bond acceptors (Lipinski definition) is 1. The molecule has 3 heteroatoms. The van der Waals surface area contributed by atoms with Gasteiger partial charge in [0.15, 0.2) is 0 Å². The predicted octanol–water partition coefficient (Wildman–Crippen LogP) is 4.94. The Morgan fingerprint density at radius 1 is 1.05 bits per heavy atom. The lowest BCUT2D eigenvalue weighted by atomic mass is 10.2. The molecule has 2 nitrogen and oxygen atoms in total. The Kier molecular flexibility index (Phi) is 3.65. The van der Waals surface area contributed by atoms with Crippen LogP contribution in [0.5, 0.6) is 5.75 Å². The van der Waals surface area contributed by atoms with Crippen molar-refractivity contribution in [1.29, 1.82) is 0 Å². The summed E-state index contributed by atoms with van der Waals surface area (Å²) < 4.78 is 21.4. The summed E-state index contributed by atoms with van der Waals surface area (Å²) in [5.74, 6) is 0.628. The van der Waals surface area contributed by atoms with Crippen molar-refractivity contribution < 1.29 is 9.13 Å². The summed E-state index contributed by atoms with van der Waals surface area (Å²) in [7, 11) is 0. The van der Waals surface area contributed by atoms with E-state index in [0.29, 0.717) is 12.6 Å². The largest absolute Gasteiger partial charge is 0.487 e. The van der Waals surface area contributed by atoms with Crippen molar-refractivity contribution >= 4 is 10.9 Å². The Morgan fingerprint density at radius 3 is 2.52 bits per heavy atom. The molecule has 0 unspecified atom stereocenters. The van der Waals surface area contributed by atoms with Gasteiger partial charge in [0, 0.05) is 16.9 Å². The molecule has 0 fully saturated rings. The molecule has 0 bridgehead atoms. The summed E-state index contributed by atoms with van der Waals surface area (Å²) in [6, 6.07) is 16.9. The highest BCUT2D eigenvalue weighted by Crippen LogP contribution is 2.26. The van der Waals surface area contributed by atoms with Gasteiger partial charge in [-0.3, -0.25) is 0 Å². The summed E-state index contributed by atoms with van der Waals surface area (Å²) in [5.41, 5.74) is 2.09. The van der Waals surface area contributed by atoms with Crippen LogP contribution in [0.25, 0.3) is 10.9 Å². The summed E-state index contributed by atoms with van der Waals surface area (Å²) in [6.07, 6.45) is 0. The molecule has 0 atom stereocenters. The maximum absolute atomic E-state index is 13.4. The van der Waals surface area contributed by atoms with Gasteiger partial charge in [-0.05, 0) is 50.2 Å². The molecule has 0 saturated carbocycles. The number of benzene rings is 2. The van der Waals surface area contributed by atoms with Crippen molar-refractivity contribution in [3.05, 3.63) is 66.1 Å². The van der Waals surface area contributed by atoms with E-state index in [1.54, 1.807) is 6.07 Å². The smallest absolute Gasteiger partial charge is 0.128 e. The van der Waals surface area contributed by atoms with E-state index in [-0.39, 0.29) is 5.82 Å². The zero-order valence-corrected chi connectivity index (χ0v) is 12.2. The number of para-hydroxylation sites is 1. The lowest BCUT2D eigenvalue weighted by molar-refractivity contribution is 0.293. The average molecular weight is 283 g/mol. The minimum atomic E-state index is -0.209. The topological polar surface area (TPSA) is 14.2 Å². The third-order valence-electron chi connectivity index (χ3n) is 3.53. The number of ether oxygens (including phenoxy) is 1. The zero-order valence-electron chi connectivity index (χ0n) is 12.2. The molecule has 21 heavy (non-hydrogen) atoms. The number of aromatic nitrogens is 1. The molecule has 3 rings (SSSR count). The molecule has 0 N–H and O–H groups in total. The van der Waals surface area contributed by atoms with Crippen molar-refractivity contribution in [2.45, 2.75) is 26.5 Å². The Balaban J connectivity index is 1.95. The van der Waals surface area contributed by atoms with Crippen LogP contribution in [0, 0.1) is 5.82 Å². The molecule has 1 aromatic heterocycles. The van der Waals surface area contributed by atoms with Gasteiger partial charge in [-0.25, -0.2) is 4.39 Å². The molecule has 0 spiro atoms. The second-order valence-corrected chi connectivity index (χ2v) is 5.40. The van der Waals surface area contributed by atoms with Crippen LogP contribution in [0.1, 0.15) is 25.6 Å². The molecule has 0 aliphatic heterocycles. The first-order valence-electron chi connectivity index (χ1n) is 7.12. The number of halogens is 1. The normalized spacial score (nSPS) is 11.2. The molecule has 108 valence electrons. The molecule has 0 saturated heterocycles. The number of fused-ring (bicyclic) bond motifs is 1. The van der Waals surface area contributed by atoms with Crippen LogP contribution in [0.2, 0.25) is 0 Å². The fourth-order valence-corrected chi connectivity index (χ4v) is 2.66. The van der Waals surface area contributed by atoms with Crippen LogP contribution < -0.4 is 4.74 Å². The number of rotatable bonds is 4. The van der Waals surface area contributed by atoms with Gasteiger partial charge in [-0.1, -0.05) is 18.2 Å². The summed E-state index contributed by atoms with van der Waals surface area (Å²) >= 11 is 0. The van der Waals surface area contributed by atoms with Gasteiger partial charge < -0.3 is 9.30 Å². The van der Waals surface area contributed by atoms with Crippen molar-refractivity contribution in [2.24, 2.45) is 0 Å². The molecule has 1 heterocycles. The monoisotopic (exact) mass is 283 g/mol. The lowest BCUT2D eigenvalue weighted by Gasteiger charge is -2.15. The fraction of sp³-hybridized carbons (Fsp3) is 0.222. The van der Waals surface area contributed by atoms with Gasteiger partial charge >= 0.3 is 0 Å². The van der Waals surface area contributed by atoms with E-state index in [2.05, 4.69) is 18.4 Å². The van der Waals surface area contributed by atoms with Gasteiger partial charge in [0.2, 0.25) is 0 Å². The minimum Gasteiger partial charge on any atom is -0.487 e. The molecule has 3 aromatic rings. The summed E-state index contributed by atoms with van der Waals surface area (Å²) in [6.45, 7) is 4.71. The predicted molar refractivity (Wildman–Crippen MR) is 83.1 cm³/mol. The molecule has 0 aliphatic rings. The highest BCUT2D eigenvalue weighted by molar-refractivity contribution is 5.81. The van der Waals surface area contributed by atoms with E-state index >= 15 is 0 Å². The highest BCUT2D eigenvalue weighted by Gasteiger charge is 2.12. The van der Waals surface area contributed by atoms with Crippen molar-refractivity contribution in [3.8, 4) is 5.75 Å². The van der Waals surface area contributed by atoms with Gasteiger partial charge in [-0.15, -0.1) is 0 Å². The molecule has 0 amide bonds. The molecular weight excluding hydrogens is 265 g/mol. The van der Waals surface area contributed by atoms with Crippen LogP contribution >= 0.6 is 0 Å². The van der Waals surface area contributed by atoms with Gasteiger partial charge in [0.05, 0.1) is 5.69 Å². The maximum atomic E-state index is 13.4. The van der Waals surface area contributed by atoms with Crippen molar-refractivity contribution in [3.63, 3.8) is 0 Å². The minimum absolute atomic E-state index is 0.209. The van der Waals surface area contributed by atoms with E-state index in [9.17, 15) is 4.39 Å². The van der Waals surface area contributed by atoms with Crippen molar-refractivity contribution in [2.75, 3.05) is 0 Å². The second kappa shape index (κ2) is 5.60.